The molecule has 17 heavy (non-hydrogen) atoms. The standard InChI is InChI=1S/C7H16N4O5S/c1-3-4-11(5-6(8)9-13)17(14,15)10-7(12)16-2/h13H,3-5H2,1-2H3,(H2,8,9)(H,10,12). The Balaban J connectivity index is 4.85. The molecule has 0 bridgehead atoms. The van der Waals surface area contributed by atoms with E-state index in [1.165, 1.54) is 0 Å². The van der Waals surface area contributed by atoms with E-state index in [0.717, 1.165) is 11.4 Å². The maximum atomic E-state index is 11.7. The highest BCUT2D eigenvalue weighted by Gasteiger charge is 2.24. The number of ether oxygens (including phenoxy) is 1. The Morgan fingerprint density at radius 2 is 2.18 bits per heavy atom. The summed E-state index contributed by atoms with van der Waals surface area (Å²) in [6.45, 7) is 1.53. The largest absolute Gasteiger partial charge is 0.452 e. The lowest BCUT2D eigenvalue weighted by atomic mass is 10.4. The zero-order valence-electron chi connectivity index (χ0n) is 9.58. The highest BCUT2D eigenvalue weighted by molar-refractivity contribution is 7.87. The van der Waals surface area contributed by atoms with Crippen LogP contribution < -0.4 is 10.5 Å². The number of amidine groups is 1. The van der Waals surface area contributed by atoms with Gasteiger partial charge in [-0.25, -0.2) is 9.52 Å². The Morgan fingerprint density at radius 1 is 1.59 bits per heavy atom. The summed E-state index contributed by atoms with van der Waals surface area (Å²) in [7, 11) is -3.02. The second-order valence-corrected chi connectivity index (χ2v) is 4.69. The fourth-order valence-corrected chi connectivity index (χ4v) is 2.11. The normalized spacial score (nSPS) is 12.5. The van der Waals surface area contributed by atoms with Crippen molar-refractivity contribution in [2.75, 3.05) is 20.2 Å². The van der Waals surface area contributed by atoms with Gasteiger partial charge in [-0.3, -0.25) is 0 Å². The Kier molecular flexibility index (Phi) is 6.28. The zero-order valence-corrected chi connectivity index (χ0v) is 10.4. The molecule has 0 aliphatic heterocycles. The number of amides is 1. The van der Waals surface area contributed by atoms with Gasteiger partial charge in [0.05, 0.1) is 13.7 Å². The number of nitrogens with one attached hydrogen (secondary N) is 1. The quantitative estimate of drug-likeness (QED) is 0.246. The first kappa shape index (κ1) is 15.4. The third-order valence-corrected chi connectivity index (χ3v) is 3.09. The number of rotatable bonds is 6. The highest BCUT2D eigenvalue weighted by atomic mass is 32.2. The lowest BCUT2D eigenvalue weighted by Crippen LogP contribution is -2.47. The van der Waals surface area contributed by atoms with E-state index in [4.69, 9.17) is 10.9 Å². The lowest BCUT2D eigenvalue weighted by Gasteiger charge is -2.20. The summed E-state index contributed by atoms with van der Waals surface area (Å²) in [5.74, 6) is -0.284. The molecule has 4 N–H and O–H groups in total. The summed E-state index contributed by atoms with van der Waals surface area (Å²) >= 11 is 0. The van der Waals surface area contributed by atoms with Crippen LogP contribution in [0, 0.1) is 0 Å². The summed E-state index contributed by atoms with van der Waals surface area (Å²) in [6, 6.07) is 0. The molecular formula is C7H16N4O5S. The molecule has 0 aromatic rings. The lowest BCUT2D eigenvalue weighted by molar-refractivity contribution is 0.177. The number of carbonyl (C=O) groups is 1. The van der Waals surface area contributed by atoms with Crippen molar-refractivity contribution in [3.63, 3.8) is 0 Å². The molecule has 0 rings (SSSR count). The molecule has 0 saturated carbocycles. The minimum Gasteiger partial charge on any atom is -0.452 e. The number of hydrogen-bond donors (Lipinski definition) is 3. The minimum atomic E-state index is -4.06. The van der Waals surface area contributed by atoms with Gasteiger partial charge in [0, 0.05) is 6.54 Å². The molecule has 10 heteroatoms. The van der Waals surface area contributed by atoms with E-state index in [-0.39, 0.29) is 18.9 Å². The molecule has 0 aromatic heterocycles. The molecule has 0 fully saturated rings. The van der Waals surface area contributed by atoms with Gasteiger partial charge >= 0.3 is 16.3 Å². The molecule has 100 valence electrons. The third kappa shape index (κ3) is 5.36. The van der Waals surface area contributed by atoms with Gasteiger partial charge in [0.1, 0.15) is 0 Å². The van der Waals surface area contributed by atoms with Crippen molar-refractivity contribution in [2.24, 2.45) is 10.9 Å². The maximum Gasteiger partial charge on any atom is 0.421 e. The van der Waals surface area contributed by atoms with E-state index in [1.54, 1.807) is 11.6 Å². The van der Waals surface area contributed by atoms with E-state index in [1.807, 2.05) is 0 Å². The average Bonchev–Trinajstić information content (AvgIpc) is 2.27. The molecule has 0 radical (unpaired) electrons. The summed E-state index contributed by atoms with van der Waals surface area (Å²) < 4.78 is 30.0. The van der Waals surface area contributed by atoms with Crippen molar-refractivity contribution in [2.45, 2.75) is 13.3 Å². The maximum absolute atomic E-state index is 11.7. The second-order valence-electron chi connectivity index (χ2n) is 3.02. The molecule has 0 atom stereocenters. The van der Waals surface area contributed by atoms with E-state index in [9.17, 15) is 13.2 Å². The molecule has 0 aliphatic rings. The van der Waals surface area contributed by atoms with Crippen molar-refractivity contribution in [1.29, 1.82) is 0 Å². The molecule has 0 aliphatic carbocycles. The van der Waals surface area contributed by atoms with Gasteiger partial charge in [0.15, 0.2) is 5.84 Å². The Bertz CT molecular complexity index is 380. The van der Waals surface area contributed by atoms with Gasteiger partial charge in [-0.1, -0.05) is 12.1 Å². The van der Waals surface area contributed by atoms with Crippen molar-refractivity contribution < 1.29 is 23.2 Å². The molecule has 0 saturated heterocycles. The van der Waals surface area contributed by atoms with Crippen molar-refractivity contribution in [3.8, 4) is 0 Å². The van der Waals surface area contributed by atoms with Crippen LogP contribution in [0.15, 0.2) is 5.16 Å². The van der Waals surface area contributed by atoms with Gasteiger partial charge < -0.3 is 15.7 Å². The van der Waals surface area contributed by atoms with E-state index >= 15 is 0 Å². The van der Waals surface area contributed by atoms with Crippen LogP contribution in [0.3, 0.4) is 0 Å². The summed E-state index contributed by atoms with van der Waals surface area (Å²) in [4.78, 5) is 10.8. The molecule has 0 aromatic carbocycles. The first-order valence-corrected chi connectivity index (χ1v) is 6.13. The van der Waals surface area contributed by atoms with Crippen LogP contribution in [0.4, 0.5) is 4.79 Å². The van der Waals surface area contributed by atoms with Crippen LogP contribution in [-0.2, 0) is 14.9 Å². The van der Waals surface area contributed by atoms with Crippen molar-refractivity contribution in [1.82, 2.24) is 9.03 Å². The van der Waals surface area contributed by atoms with Gasteiger partial charge in [-0.15, -0.1) is 0 Å². The predicted octanol–water partition coefficient (Wildman–Crippen LogP) is -0.954. The first-order chi connectivity index (χ1) is 7.87. The van der Waals surface area contributed by atoms with Gasteiger partial charge in [-0.05, 0) is 6.42 Å². The molecule has 9 nitrogen and oxygen atoms in total. The first-order valence-electron chi connectivity index (χ1n) is 4.69. The summed E-state index contributed by atoms with van der Waals surface area (Å²) in [5.41, 5.74) is 5.21. The third-order valence-electron chi connectivity index (χ3n) is 1.68. The number of hydrogen-bond acceptors (Lipinski definition) is 6. The Morgan fingerprint density at radius 3 is 2.59 bits per heavy atom. The van der Waals surface area contributed by atoms with Crippen molar-refractivity contribution in [3.05, 3.63) is 0 Å². The fraction of sp³-hybridized carbons (Fsp3) is 0.714. The highest BCUT2D eigenvalue weighted by Crippen LogP contribution is 2.00. The van der Waals surface area contributed by atoms with E-state index < -0.39 is 16.3 Å². The number of nitrogens with zero attached hydrogens (tertiary/aromatic N) is 2. The van der Waals surface area contributed by atoms with Crippen LogP contribution in [0.2, 0.25) is 0 Å². The molecule has 1 amide bonds. The second kappa shape index (κ2) is 6.91. The van der Waals surface area contributed by atoms with Crippen LogP contribution in [0.5, 0.6) is 0 Å². The van der Waals surface area contributed by atoms with Gasteiger partial charge in [0.2, 0.25) is 0 Å². The molecule has 0 spiro atoms. The fourth-order valence-electron chi connectivity index (χ4n) is 0.957. The van der Waals surface area contributed by atoms with Crippen LogP contribution in [0.1, 0.15) is 13.3 Å². The Hall–Kier alpha value is -1.55. The van der Waals surface area contributed by atoms with Gasteiger partial charge in [0.25, 0.3) is 0 Å². The topological polar surface area (TPSA) is 134 Å². The number of oxime groups is 1. The van der Waals surface area contributed by atoms with Crippen LogP contribution in [-0.4, -0.2) is 50.1 Å². The predicted molar refractivity (Wildman–Crippen MR) is 59.7 cm³/mol. The monoisotopic (exact) mass is 268 g/mol. The molecular weight excluding hydrogens is 252 g/mol. The van der Waals surface area contributed by atoms with Crippen LogP contribution in [0.25, 0.3) is 0 Å². The number of carbonyl (C=O) groups excluding carboxylic acids is 1. The number of methoxy groups -OCH3 is 1. The van der Waals surface area contributed by atoms with E-state index in [2.05, 4.69) is 9.89 Å². The zero-order chi connectivity index (χ0) is 13.5. The smallest absolute Gasteiger partial charge is 0.421 e. The number of nitrogens with two attached hydrogens (primary N) is 1. The minimum absolute atomic E-state index is 0.114. The van der Waals surface area contributed by atoms with E-state index in [0.29, 0.717) is 6.42 Å². The van der Waals surface area contributed by atoms with Gasteiger partial charge in [-0.2, -0.15) is 12.7 Å². The average molecular weight is 268 g/mol. The summed E-state index contributed by atoms with van der Waals surface area (Å²) in [6.07, 6.45) is -0.605. The summed E-state index contributed by atoms with van der Waals surface area (Å²) in [5, 5.41) is 11.0. The van der Waals surface area contributed by atoms with Crippen molar-refractivity contribution >= 4 is 22.1 Å². The molecule has 0 unspecified atom stereocenters. The Labute approximate surface area is 99.4 Å². The SMILES string of the molecule is CCCN(CC(N)=NO)S(=O)(=O)NC(=O)OC. The van der Waals surface area contributed by atoms with Crippen LogP contribution >= 0.6 is 0 Å². The molecule has 0 heterocycles.